The van der Waals surface area contributed by atoms with Crippen LogP contribution in [0, 0.1) is 5.92 Å². The normalized spacial score (nSPS) is 15.6. The number of hydrogen-bond acceptors (Lipinski definition) is 5. The summed E-state index contributed by atoms with van der Waals surface area (Å²) < 4.78 is 10.4. The maximum atomic E-state index is 12.6. The molecule has 6 heteroatoms. The maximum absolute atomic E-state index is 12.6. The molecule has 1 fully saturated rings. The molecule has 3 heterocycles. The fourth-order valence-corrected chi connectivity index (χ4v) is 3.62. The quantitative estimate of drug-likeness (QED) is 0.804. The smallest absolute Gasteiger partial charge is 0.309 e. The van der Waals surface area contributed by atoms with Crippen LogP contribution in [-0.2, 0) is 9.53 Å². The molecular weight excluding hydrogens is 314 g/mol. The van der Waals surface area contributed by atoms with E-state index in [0.29, 0.717) is 37.4 Å². The monoisotopic (exact) mass is 333 g/mol. The van der Waals surface area contributed by atoms with Crippen LogP contribution in [0.25, 0.3) is 11.3 Å². The average Bonchev–Trinajstić information content (AvgIpc) is 3.25. The fraction of sp³-hybridized carbons (Fsp3) is 0.412. The number of piperidine rings is 1. The Kier molecular flexibility index (Phi) is 4.81. The number of nitrogens with zero attached hydrogens (tertiary/aromatic N) is 1. The Labute approximate surface area is 138 Å². The van der Waals surface area contributed by atoms with Gasteiger partial charge in [-0.25, -0.2) is 0 Å². The molecule has 0 spiro atoms. The van der Waals surface area contributed by atoms with Crippen LogP contribution in [0.4, 0.5) is 0 Å². The van der Waals surface area contributed by atoms with Crippen molar-refractivity contribution in [1.82, 2.24) is 4.90 Å². The number of furan rings is 1. The minimum atomic E-state index is -0.143. The van der Waals surface area contributed by atoms with E-state index >= 15 is 0 Å². The van der Waals surface area contributed by atoms with Gasteiger partial charge in [-0.15, -0.1) is 11.3 Å². The second kappa shape index (κ2) is 7.00. The van der Waals surface area contributed by atoms with Crippen molar-refractivity contribution in [2.24, 2.45) is 5.92 Å². The minimum Gasteiger partial charge on any atom is -0.466 e. The molecule has 3 rings (SSSR count). The molecule has 0 radical (unpaired) electrons. The molecule has 1 saturated heterocycles. The van der Waals surface area contributed by atoms with E-state index in [1.165, 1.54) is 11.3 Å². The van der Waals surface area contributed by atoms with E-state index in [-0.39, 0.29) is 17.8 Å². The highest BCUT2D eigenvalue weighted by atomic mass is 32.1. The molecule has 0 bridgehead atoms. The first kappa shape index (κ1) is 15.8. The van der Waals surface area contributed by atoms with Gasteiger partial charge >= 0.3 is 5.97 Å². The lowest BCUT2D eigenvalue weighted by molar-refractivity contribution is -0.149. The summed E-state index contributed by atoms with van der Waals surface area (Å²) in [6, 6.07) is 5.57. The highest BCUT2D eigenvalue weighted by molar-refractivity contribution is 7.12. The molecule has 0 N–H and O–H groups in total. The predicted molar refractivity (Wildman–Crippen MR) is 87.3 cm³/mol. The van der Waals surface area contributed by atoms with Gasteiger partial charge in [0.25, 0.3) is 5.91 Å². The Morgan fingerprint density at radius 3 is 2.83 bits per heavy atom. The second-order valence-corrected chi connectivity index (χ2v) is 6.41. The molecule has 0 unspecified atom stereocenters. The van der Waals surface area contributed by atoms with Gasteiger partial charge in [0.2, 0.25) is 0 Å². The molecule has 1 aliphatic rings. The zero-order chi connectivity index (χ0) is 16.2. The Morgan fingerprint density at radius 1 is 1.39 bits per heavy atom. The van der Waals surface area contributed by atoms with Crippen molar-refractivity contribution in [3.8, 4) is 11.3 Å². The van der Waals surface area contributed by atoms with E-state index in [4.69, 9.17) is 9.15 Å². The lowest BCUT2D eigenvalue weighted by Gasteiger charge is -2.30. The summed E-state index contributed by atoms with van der Waals surface area (Å²) in [4.78, 5) is 26.8. The van der Waals surface area contributed by atoms with Crippen LogP contribution in [0.2, 0.25) is 0 Å². The lowest BCUT2D eigenvalue weighted by Crippen LogP contribution is -2.40. The van der Waals surface area contributed by atoms with E-state index in [2.05, 4.69) is 0 Å². The lowest BCUT2D eigenvalue weighted by atomic mass is 9.97. The van der Waals surface area contributed by atoms with Crippen LogP contribution in [-0.4, -0.2) is 36.5 Å². The van der Waals surface area contributed by atoms with Crippen molar-refractivity contribution in [1.29, 1.82) is 0 Å². The van der Waals surface area contributed by atoms with Gasteiger partial charge in [-0.1, -0.05) is 0 Å². The number of ether oxygens (including phenoxy) is 1. The van der Waals surface area contributed by atoms with E-state index < -0.39 is 0 Å². The maximum Gasteiger partial charge on any atom is 0.309 e. The summed E-state index contributed by atoms with van der Waals surface area (Å²) in [7, 11) is 0. The Balaban J connectivity index is 1.60. The molecule has 0 aromatic carbocycles. The topological polar surface area (TPSA) is 59.8 Å². The van der Waals surface area contributed by atoms with Gasteiger partial charge in [0, 0.05) is 24.0 Å². The summed E-state index contributed by atoms with van der Waals surface area (Å²) in [5.74, 6) is 0.563. The Hall–Kier alpha value is -2.08. The van der Waals surface area contributed by atoms with Gasteiger partial charge in [-0.2, -0.15) is 0 Å². The van der Waals surface area contributed by atoms with E-state index in [9.17, 15) is 9.59 Å². The molecule has 1 amide bonds. The SMILES string of the molecule is CCOC(=O)C1CCN(C(=O)c2cc(-c3ccco3)cs2)CC1. The standard InChI is InChI=1S/C17H19NO4S/c1-2-21-17(20)12-5-7-18(8-6-12)16(19)15-10-13(11-23-15)14-4-3-9-22-14/h3-4,9-12H,2,5-8H2,1H3. The number of esters is 1. The average molecular weight is 333 g/mol. The largest absolute Gasteiger partial charge is 0.466 e. The van der Waals surface area contributed by atoms with Gasteiger partial charge in [-0.05, 0) is 38.0 Å². The van der Waals surface area contributed by atoms with E-state index in [1.807, 2.05) is 35.4 Å². The van der Waals surface area contributed by atoms with Gasteiger partial charge < -0.3 is 14.1 Å². The van der Waals surface area contributed by atoms with Crippen molar-refractivity contribution in [2.45, 2.75) is 19.8 Å². The third kappa shape index (κ3) is 3.47. The number of thiophene rings is 1. The fourth-order valence-electron chi connectivity index (χ4n) is 2.75. The van der Waals surface area contributed by atoms with Gasteiger partial charge in [0.1, 0.15) is 5.76 Å². The predicted octanol–water partition coefficient (Wildman–Crippen LogP) is 3.42. The van der Waals surface area contributed by atoms with Crippen molar-refractivity contribution >= 4 is 23.2 Å². The van der Waals surface area contributed by atoms with Crippen molar-refractivity contribution in [3.05, 3.63) is 34.7 Å². The van der Waals surface area contributed by atoms with Crippen LogP contribution in [0.3, 0.4) is 0 Å². The molecule has 5 nitrogen and oxygen atoms in total. The summed E-state index contributed by atoms with van der Waals surface area (Å²) in [5.41, 5.74) is 0.921. The number of rotatable bonds is 4. The Bertz CT molecular complexity index is 669. The van der Waals surface area contributed by atoms with Gasteiger partial charge in [0.15, 0.2) is 0 Å². The van der Waals surface area contributed by atoms with Crippen LogP contribution in [0.5, 0.6) is 0 Å². The number of amides is 1. The molecule has 0 aliphatic carbocycles. The second-order valence-electron chi connectivity index (χ2n) is 5.50. The molecule has 2 aromatic heterocycles. The Morgan fingerprint density at radius 2 is 2.17 bits per heavy atom. The highest BCUT2D eigenvalue weighted by Crippen LogP contribution is 2.28. The summed E-state index contributed by atoms with van der Waals surface area (Å²) in [6.07, 6.45) is 2.95. The summed E-state index contributed by atoms with van der Waals surface area (Å²) in [6.45, 7) is 3.40. The minimum absolute atomic E-state index is 0.0233. The van der Waals surface area contributed by atoms with Crippen LogP contribution >= 0.6 is 11.3 Å². The van der Waals surface area contributed by atoms with Crippen molar-refractivity contribution in [2.75, 3.05) is 19.7 Å². The van der Waals surface area contributed by atoms with Crippen LogP contribution < -0.4 is 0 Å². The third-order valence-electron chi connectivity index (χ3n) is 4.02. The first-order valence-corrected chi connectivity index (χ1v) is 8.65. The molecule has 0 saturated carbocycles. The zero-order valence-electron chi connectivity index (χ0n) is 13.0. The molecular formula is C17H19NO4S. The zero-order valence-corrected chi connectivity index (χ0v) is 13.8. The molecule has 0 atom stereocenters. The summed E-state index contributed by atoms with van der Waals surface area (Å²) in [5, 5.41) is 1.93. The number of hydrogen-bond donors (Lipinski definition) is 0. The molecule has 122 valence electrons. The van der Waals surface area contributed by atoms with Crippen molar-refractivity contribution < 1.29 is 18.7 Å². The highest BCUT2D eigenvalue weighted by Gasteiger charge is 2.29. The third-order valence-corrected chi connectivity index (χ3v) is 4.94. The van der Waals surface area contributed by atoms with Gasteiger partial charge in [0.05, 0.1) is 23.7 Å². The first-order chi connectivity index (χ1) is 11.2. The number of carbonyl (C=O) groups is 2. The number of likely N-dealkylation sites (tertiary alicyclic amines) is 1. The number of carbonyl (C=O) groups excluding carboxylic acids is 2. The van der Waals surface area contributed by atoms with E-state index in [0.717, 1.165) is 11.3 Å². The molecule has 2 aromatic rings. The van der Waals surface area contributed by atoms with Crippen LogP contribution in [0.1, 0.15) is 29.4 Å². The van der Waals surface area contributed by atoms with E-state index in [1.54, 1.807) is 6.26 Å². The molecule has 23 heavy (non-hydrogen) atoms. The molecule has 1 aliphatic heterocycles. The van der Waals surface area contributed by atoms with Gasteiger partial charge in [-0.3, -0.25) is 9.59 Å². The first-order valence-electron chi connectivity index (χ1n) is 7.77. The summed E-state index contributed by atoms with van der Waals surface area (Å²) >= 11 is 1.42. The van der Waals surface area contributed by atoms with Crippen molar-refractivity contribution in [3.63, 3.8) is 0 Å². The van der Waals surface area contributed by atoms with Crippen LogP contribution in [0.15, 0.2) is 34.3 Å².